The highest BCUT2D eigenvalue weighted by Gasteiger charge is 2.28. The third-order valence-electron chi connectivity index (χ3n) is 4.48. The van der Waals surface area contributed by atoms with Crippen molar-refractivity contribution in [3.8, 4) is 0 Å². The maximum Gasteiger partial charge on any atom is 0.223 e. The van der Waals surface area contributed by atoms with Gasteiger partial charge in [0.2, 0.25) is 5.91 Å². The molecule has 2 aliphatic rings. The second-order valence-electron chi connectivity index (χ2n) is 6.07. The minimum absolute atomic E-state index is 0.284. The summed E-state index contributed by atoms with van der Waals surface area (Å²) in [5.74, 6) is 0.581. The number of aromatic nitrogens is 1. The maximum absolute atomic E-state index is 12.0. The summed E-state index contributed by atoms with van der Waals surface area (Å²) >= 11 is 0. The van der Waals surface area contributed by atoms with E-state index in [4.69, 9.17) is 0 Å². The maximum atomic E-state index is 12.0. The van der Waals surface area contributed by atoms with Gasteiger partial charge in [0.05, 0.1) is 0 Å². The van der Waals surface area contributed by atoms with Gasteiger partial charge in [-0.1, -0.05) is 6.42 Å². The van der Waals surface area contributed by atoms with E-state index in [0.717, 1.165) is 38.9 Å². The molecule has 2 heterocycles. The quantitative estimate of drug-likeness (QED) is 0.912. The third kappa shape index (κ3) is 3.37. The number of amides is 1. The predicted molar refractivity (Wildman–Crippen MR) is 78.0 cm³/mol. The Balaban J connectivity index is 1.49. The Hall–Kier alpha value is -1.42. The Labute approximate surface area is 120 Å². The molecule has 1 saturated heterocycles. The summed E-state index contributed by atoms with van der Waals surface area (Å²) in [4.78, 5) is 18.5. The molecule has 1 aromatic rings. The van der Waals surface area contributed by atoms with Gasteiger partial charge < -0.3 is 5.32 Å². The third-order valence-corrected chi connectivity index (χ3v) is 4.48. The molecule has 1 aromatic heterocycles. The highest BCUT2D eigenvalue weighted by atomic mass is 16.2. The molecule has 2 fully saturated rings. The summed E-state index contributed by atoms with van der Waals surface area (Å²) in [6.45, 7) is 3.05. The van der Waals surface area contributed by atoms with Crippen LogP contribution >= 0.6 is 0 Å². The Kier molecular flexibility index (Phi) is 4.31. The largest absolute Gasteiger partial charge is 0.352 e. The van der Waals surface area contributed by atoms with E-state index in [1.54, 1.807) is 0 Å². The van der Waals surface area contributed by atoms with E-state index in [-0.39, 0.29) is 5.91 Å². The first-order chi connectivity index (χ1) is 9.81. The normalized spacial score (nSPS) is 24.1. The average Bonchev–Trinajstić information content (AvgIpc) is 2.38. The number of pyridine rings is 1. The molecule has 20 heavy (non-hydrogen) atoms. The highest BCUT2D eigenvalue weighted by Crippen LogP contribution is 2.26. The molecule has 4 nitrogen and oxygen atoms in total. The molecular formula is C16H23N3O. The summed E-state index contributed by atoms with van der Waals surface area (Å²) in [5.41, 5.74) is 1.30. The number of nitrogens with zero attached hydrogens (tertiary/aromatic N) is 2. The lowest BCUT2D eigenvalue weighted by Gasteiger charge is -2.35. The zero-order valence-corrected chi connectivity index (χ0v) is 11.9. The molecule has 4 heteroatoms. The lowest BCUT2D eigenvalue weighted by Crippen LogP contribution is -2.49. The molecule has 1 amide bonds. The lowest BCUT2D eigenvalue weighted by molar-refractivity contribution is -0.128. The van der Waals surface area contributed by atoms with Crippen LogP contribution in [0.3, 0.4) is 0 Å². The number of piperidine rings is 1. The van der Waals surface area contributed by atoms with Crippen LogP contribution in [0.2, 0.25) is 0 Å². The second-order valence-corrected chi connectivity index (χ2v) is 6.07. The van der Waals surface area contributed by atoms with Gasteiger partial charge in [0.1, 0.15) is 0 Å². The van der Waals surface area contributed by atoms with Crippen LogP contribution < -0.4 is 5.32 Å². The van der Waals surface area contributed by atoms with Crippen LogP contribution in [0.1, 0.15) is 37.7 Å². The molecule has 3 rings (SSSR count). The van der Waals surface area contributed by atoms with E-state index in [2.05, 4.69) is 27.3 Å². The molecule has 1 N–H and O–H groups in total. The molecule has 1 aliphatic heterocycles. The van der Waals surface area contributed by atoms with Gasteiger partial charge in [-0.05, 0) is 49.9 Å². The van der Waals surface area contributed by atoms with Crippen molar-refractivity contribution in [2.45, 2.75) is 44.7 Å². The van der Waals surface area contributed by atoms with Gasteiger partial charge >= 0.3 is 0 Å². The number of hydrogen-bond acceptors (Lipinski definition) is 3. The van der Waals surface area contributed by atoms with E-state index >= 15 is 0 Å². The van der Waals surface area contributed by atoms with Crippen molar-refractivity contribution in [1.29, 1.82) is 0 Å². The van der Waals surface area contributed by atoms with Crippen LogP contribution in [0.5, 0.6) is 0 Å². The fraction of sp³-hybridized carbons (Fsp3) is 0.625. The van der Waals surface area contributed by atoms with Gasteiger partial charge in [-0.3, -0.25) is 14.7 Å². The Morgan fingerprint density at radius 3 is 2.75 bits per heavy atom. The fourth-order valence-corrected chi connectivity index (χ4v) is 3.05. The first-order valence-electron chi connectivity index (χ1n) is 7.73. The lowest BCUT2D eigenvalue weighted by atomic mass is 9.84. The van der Waals surface area contributed by atoms with E-state index in [0.29, 0.717) is 12.0 Å². The average molecular weight is 273 g/mol. The minimum atomic E-state index is 0.284. The van der Waals surface area contributed by atoms with Crippen LogP contribution in [-0.4, -0.2) is 34.9 Å². The zero-order valence-electron chi connectivity index (χ0n) is 11.9. The number of carbonyl (C=O) groups is 1. The van der Waals surface area contributed by atoms with Crippen LogP contribution in [-0.2, 0) is 11.3 Å². The summed E-state index contributed by atoms with van der Waals surface area (Å²) in [6, 6.07) is 4.46. The topological polar surface area (TPSA) is 45.2 Å². The smallest absolute Gasteiger partial charge is 0.223 e. The first-order valence-corrected chi connectivity index (χ1v) is 7.73. The van der Waals surface area contributed by atoms with Crippen molar-refractivity contribution in [3.05, 3.63) is 30.1 Å². The predicted octanol–water partition coefficient (Wildman–Crippen LogP) is 1.96. The van der Waals surface area contributed by atoms with Crippen LogP contribution in [0, 0.1) is 5.92 Å². The zero-order chi connectivity index (χ0) is 13.8. The van der Waals surface area contributed by atoms with Crippen molar-refractivity contribution in [1.82, 2.24) is 15.2 Å². The molecule has 1 unspecified atom stereocenters. The number of carbonyl (C=O) groups excluding carboxylic acids is 1. The summed E-state index contributed by atoms with van der Waals surface area (Å²) in [5, 5.41) is 3.24. The van der Waals surface area contributed by atoms with Gasteiger partial charge in [0.15, 0.2) is 0 Å². The molecular weight excluding hydrogens is 250 g/mol. The molecule has 108 valence electrons. The van der Waals surface area contributed by atoms with Crippen LogP contribution in [0.15, 0.2) is 24.5 Å². The number of hydrogen-bond donors (Lipinski definition) is 1. The molecule has 1 atom stereocenters. The summed E-state index contributed by atoms with van der Waals surface area (Å²) in [6.07, 6.45) is 9.35. The Morgan fingerprint density at radius 2 is 2.05 bits per heavy atom. The van der Waals surface area contributed by atoms with Gasteiger partial charge in [0, 0.05) is 37.4 Å². The summed E-state index contributed by atoms with van der Waals surface area (Å²) in [7, 11) is 0. The summed E-state index contributed by atoms with van der Waals surface area (Å²) < 4.78 is 0. The molecule has 0 spiro atoms. The van der Waals surface area contributed by atoms with Crippen molar-refractivity contribution in [2.24, 2.45) is 5.92 Å². The molecule has 0 bridgehead atoms. The van der Waals surface area contributed by atoms with Crippen molar-refractivity contribution in [3.63, 3.8) is 0 Å². The van der Waals surface area contributed by atoms with Crippen molar-refractivity contribution in [2.75, 3.05) is 13.1 Å². The van der Waals surface area contributed by atoms with E-state index in [9.17, 15) is 4.79 Å². The van der Waals surface area contributed by atoms with Crippen molar-refractivity contribution >= 4 is 5.91 Å². The standard InChI is InChI=1S/C16H23N3O/c20-16(14-3-1-4-14)18-15-5-2-10-19(12-15)11-13-6-8-17-9-7-13/h6-9,14-15H,1-5,10-12H2,(H,18,20). The van der Waals surface area contributed by atoms with Gasteiger partial charge in [-0.15, -0.1) is 0 Å². The number of nitrogens with one attached hydrogen (secondary N) is 1. The van der Waals surface area contributed by atoms with E-state index in [1.165, 1.54) is 18.4 Å². The monoisotopic (exact) mass is 273 g/mol. The van der Waals surface area contributed by atoms with E-state index in [1.807, 2.05) is 12.4 Å². The van der Waals surface area contributed by atoms with Crippen LogP contribution in [0.4, 0.5) is 0 Å². The molecule has 1 aliphatic carbocycles. The Bertz CT molecular complexity index is 444. The number of likely N-dealkylation sites (tertiary alicyclic amines) is 1. The molecule has 0 aromatic carbocycles. The van der Waals surface area contributed by atoms with Gasteiger partial charge in [0.25, 0.3) is 0 Å². The van der Waals surface area contributed by atoms with Gasteiger partial charge in [-0.25, -0.2) is 0 Å². The van der Waals surface area contributed by atoms with Crippen molar-refractivity contribution < 1.29 is 4.79 Å². The highest BCUT2D eigenvalue weighted by molar-refractivity contribution is 5.79. The molecule has 1 saturated carbocycles. The fourth-order valence-electron chi connectivity index (χ4n) is 3.05. The second kappa shape index (κ2) is 6.35. The molecule has 0 radical (unpaired) electrons. The minimum Gasteiger partial charge on any atom is -0.352 e. The van der Waals surface area contributed by atoms with E-state index < -0.39 is 0 Å². The van der Waals surface area contributed by atoms with Crippen LogP contribution in [0.25, 0.3) is 0 Å². The van der Waals surface area contributed by atoms with Gasteiger partial charge in [-0.2, -0.15) is 0 Å². The Morgan fingerprint density at radius 1 is 1.25 bits per heavy atom. The number of rotatable bonds is 4. The SMILES string of the molecule is O=C(NC1CCCN(Cc2ccncc2)C1)C1CCC1. The first kappa shape index (κ1) is 13.6.